The summed E-state index contributed by atoms with van der Waals surface area (Å²) in [6.07, 6.45) is -2.63. The highest BCUT2D eigenvalue weighted by molar-refractivity contribution is 5.90. The van der Waals surface area contributed by atoms with Crippen molar-refractivity contribution >= 4 is 11.6 Å². The summed E-state index contributed by atoms with van der Waals surface area (Å²) in [5.41, 5.74) is -1.92. The molecule has 1 aliphatic heterocycles. The smallest absolute Gasteiger partial charge is 0.339 e. The molecule has 0 radical (unpaired) electrons. The summed E-state index contributed by atoms with van der Waals surface area (Å²) < 4.78 is 45.8. The third-order valence-corrected chi connectivity index (χ3v) is 5.11. The van der Waals surface area contributed by atoms with Gasteiger partial charge in [-0.1, -0.05) is 11.2 Å². The monoisotopic (exact) mass is 449 g/mol. The molecule has 1 aromatic carbocycles. The van der Waals surface area contributed by atoms with Crippen LogP contribution in [0.1, 0.15) is 30.0 Å². The fourth-order valence-electron chi connectivity index (χ4n) is 3.68. The van der Waals surface area contributed by atoms with Crippen molar-refractivity contribution in [3.05, 3.63) is 62.3 Å². The first-order chi connectivity index (χ1) is 15.1. The van der Waals surface area contributed by atoms with E-state index in [1.807, 2.05) is 0 Å². The Morgan fingerprint density at radius 3 is 2.72 bits per heavy atom. The highest BCUT2D eigenvalue weighted by atomic mass is 19.4. The number of carbonyl (C=O) groups is 1. The van der Waals surface area contributed by atoms with Gasteiger partial charge in [-0.2, -0.15) is 18.2 Å². The fourth-order valence-corrected chi connectivity index (χ4v) is 3.68. The highest BCUT2D eigenvalue weighted by Gasteiger charge is 2.31. The number of alkyl halides is 3. The zero-order valence-electron chi connectivity index (χ0n) is 16.9. The number of nitrogens with one attached hydrogen (secondary N) is 1. The van der Waals surface area contributed by atoms with Gasteiger partial charge in [-0.05, 0) is 37.5 Å². The van der Waals surface area contributed by atoms with Crippen molar-refractivity contribution in [1.29, 1.82) is 0 Å². The third kappa shape index (κ3) is 4.07. The minimum absolute atomic E-state index is 0.0187. The molecule has 2 aromatic heterocycles. The van der Waals surface area contributed by atoms with Crippen molar-refractivity contribution in [2.75, 3.05) is 5.32 Å². The lowest BCUT2D eigenvalue weighted by Crippen LogP contribution is -2.45. The van der Waals surface area contributed by atoms with Crippen LogP contribution >= 0.6 is 0 Å². The standard InChI is InChI=1S/C20H18F3N5O4/c1-11-24-17(26-32-11)16-14-7-2-3-8-27(14)19(31)28(18(16)30)10-15(29)25-13-6-4-5-12(9-13)20(21,22)23/h4-6,9H,2-3,7-8,10H2,1H3,(H,25,29). The number of hydrogen-bond donors (Lipinski definition) is 1. The molecule has 0 saturated carbocycles. The van der Waals surface area contributed by atoms with Crippen molar-refractivity contribution in [1.82, 2.24) is 19.3 Å². The van der Waals surface area contributed by atoms with Crippen LogP contribution < -0.4 is 16.6 Å². The summed E-state index contributed by atoms with van der Waals surface area (Å²) in [5, 5.41) is 6.09. The number of amides is 1. The minimum Gasteiger partial charge on any atom is -0.339 e. The van der Waals surface area contributed by atoms with E-state index in [1.54, 1.807) is 6.92 Å². The van der Waals surface area contributed by atoms with E-state index in [4.69, 9.17) is 4.52 Å². The van der Waals surface area contributed by atoms with Crippen molar-refractivity contribution in [3.63, 3.8) is 0 Å². The van der Waals surface area contributed by atoms with Crippen LogP contribution in [0.3, 0.4) is 0 Å². The summed E-state index contributed by atoms with van der Waals surface area (Å²) in [5.74, 6) is -0.575. The average Bonchev–Trinajstić information content (AvgIpc) is 3.16. The maximum absolute atomic E-state index is 13.1. The molecule has 0 bridgehead atoms. The van der Waals surface area contributed by atoms with Crippen LogP contribution in [0.4, 0.5) is 18.9 Å². The molecular weight excluding hydrogens is 431 g/mol. The van der Waals surface area contributed by atoms with Gasteiger partial charge in [0.2, 0.25) is 17.6 Å². The van der Waals surface area contributed by atoms with Crippen LogP contribution in [0.15, 0.2) is 38.4 Å². The predicted octanol–water partition coefficient (Wildman–Crippen LogP) is 2.36. The van der Waals surface area contributed by atoms with Gasteiger partial charge in [0.1, 0.15) is 12.1 Å². The van der Waals surface area contributed by atoms with Crippen molar-refractivity contribution in [2.24, 2.45) is 0 Å². The van der Waals surface area contributed by atoms with Crippen LogP contribution in [0.5, 0.6) is 0 Å². The largest absolute Gasteiger partial charge is 0.416 e. The lowest BCUT2D eigenvalue weighted by Gasteiger charge is -2.21. The number of aromatic nitrogens is 4. The molecule has 1 N–H and O–H groups in total. The summed E-state index contributed by atoms with van der Waals surface area (Å²) in [6, 6.07) is 4.07. The molecule has 0 aliphatic carbocycles. The summed E-state index contributed by atoms with van der Waals surface area (Å²) >= 11 is 0. The number of nitrogens with zero attached hydrogens (tertiary/aromatic N) is 4. The number of fused-ring (bicyclic) bond motifs is 1. The first-order valence-corrected chi connectivity index (χ1v) is 9.79. The van der Waals surface area contributed by atoms with Gasteiger partial charge in [-0.3, -0.25) is 18.7 Å². The van der Waals surface area contributed by atoms with E-state index >= 15 is 0 Å². The minimum atomic E-state index is -4.58. The predicted molar refractivity (Wildman–Crippen MR) is 106 cm³/mol. The molecule has 168 valence electrons. The highest BCUT2D eigenvalue weighted by Crippen LogP contribution is 2.30. The van der Waals surface area contributed by atoms with Gasteiger partial charge in [0, 0.05) is 24.8 Å². The van der Waals surface area contributed by atoms with Crippen LogP contribution in [0, 0.1) is 6.92 Å². The first kappa shape index (κ1) is 21.5. The van der Waals surface area contributed by atoms with Gasteiger partial charge < -0.3 is 9.84 Å². The molecule has 0 atom stereocenters. The van der Waals surface area contributed by atoms with Gasteiger partial charge in [0.15, 0.2) is 0 Å². The number of benzene rings is 1. The second-order valence-electron chi connectivity index (χ2n) is 7.37. The van der Waals surface area contributed by atoms with E-state index < -0.39 is 35.4 Å². The Morgan fingerprint density at radius 1 is 1.25 bits per heavy atom. The van der Waals surface area contributed by atoms with E-state index in [-0.39, 0.29) is 23.0 Å². The van der Waals surface area contributed by atoms with Crippen LogP contribution in [-0.2, 0) is 30.5 Å². The molecule has 0 spiro atoms. The van der Waals surface area contributed by atoms with Gasteiger partial charge >= 0.3 is 11.9 Å². The second-order valence-corrected chi connectivity index (χ2v) is 7.37. The summed E-state index contributed by atoms with van der Waals surface area (Å²) in [7, 11) is 0. The Hall–Kier alpha value is -3.70. The molecule has 9 nitrogen and oxygen atoms in total. The van der Waals surface area contributed by atoms with Crippen molar-refractivity contribution in [2.45, 2.75) is 45.5 Å². The zero-order chi connectivity index (χ0) is 23.0. The molecule has 1 aliphatic rings. The number of anilines is 1. The van der Waals surface area contributed by atoms with Gasteiger partial charge in [0.05, 0.1) is 5.56 Å². The summed E-state index contributed by atoms with van der Waals surface area (Å²) in [4.78, 5) is 42.7. The quantitative estimate of drug-likeness (QED) is 0.655. The number of aryl methyl sites for hydroxylation is 1. The molecule has 3 aromatic rings. The lowest BCUT2D eigenvalue weighted by atomic mass is 10.0. The van der Waals surface area contributed by atoms with Crippen molar-refractivity contribution < 1.29 is 22.5 Å². The number of carbonyl (C=O) groups excluding carboxylic acids is 1. The topological polar surface area (TPSA) is 112 Å². The Morgan fingerprint density at radius 2 is 2.03 bits per heavy atom. The van der Waals surface area contributed by atoms with E-state index in [9.17, 15) is 27.6 Å². The molecule has 12 heteroatoms. The Balaban J connectivity index is 1.71. The first-order valence-electron chi connectivity index (χ1n) is 9.79. The zero-order valence-corrected chi connectivity index (χ0v) is 16.9. The molecule has 0 fully saturated rings. The van der Waals surface area contributed by atoms with E-state index in [2.05, 4.69) is 15.5 Å². The normalized spacial score (nSPS) is 13.6. The molecule has 3 heterocycles. The van der Waals surface area contributed by atoms with Crippen molar-refractivity contribution in [3.8, 4) is 11.4 Å². The molecule has 1 amide bonds. The van der Waals surface area contributed by atoms with Crippen LogP contribution in [0.25, 0.3) is 11.4 Å². The maximum Gasteiger partial charge on any atom is 0.416 e. The summed E-state index contributed by atoms with van der Waals surface area (Å²) in [6.45, 7) is 1.23. The van der Waals surface area contributed by atoms with Gasteiger partial charge in [0.25, 0.3) is 5.56 Å². The number of hydrogen-bond acceptors (Lipinski definition) is 6. The third-order valence-electron chi connectivity index (χ3n) is 5.11. The molecular formula is C20H18F3N5O4. The molecule has 4 rings (SSSR count). The average molecular weight is 449 g/mol. The fraction of sp³-hybridized carbons (Fsp3) is 0.350. The van der Waals surface area contributed by atoms with Gasteiger partial charge in [-0.25, -0.2) is 4.79 Å². The van der Waals surface area contributed by atoms with E-state index in [1.165, 1.54) is 10.6 Å². The molecule has 0 unspecified atom stereocenters. The SMILES string of the molecule is Cc1nc(-c2c3n(c(=O)n(CC(=O)Nc4cccc(C(F)(F)F)c4)c2=O)CCCC3)no1. The van der Waals surface area contributed by atoms with Crippen LogP contribution in [0.2, 0.25) is 0 Å². The van der Waals surface area contributed by atoms with Gasteiger partial charge in [-0.15, -0.1) is 0 Å². The Bertz CT molecular complexity index is 1310. The molecule has 32 heavy (non-hydrogen) atoms. The van der Waals surface area contributed by atoms with E-state index in [0.29, 0.717) is 25.1 Å². The Kier molecular flexibility index (Phi) is 5.45. The lowest BCUT2D eigenvalue weighted by molar-refractivity contribution is -0.137. The van der Waals surface area contributed by atoms with Crippen LogP contribution in [-0.4, -0.2) is 25.2 Å². The Labute approximate surface area is 178 Å². The number of rotatable bonds is 4. The molecule has 0 saturated heterocycles. The maximum atomic E-state index is 13.1. The van der Waals surface area contributed by atoms with E-state index in [0.717, 1.165) is 29.2 Å². The second kappa shape index (κ2) is 8.09. The number of halogens is 3.